The number of carbonyl (C=O) groups excluding carboxylic acids is 1. The summed E-state index contributed by atoms with van der Waals surface area (Å²) in [4.78, 5) is 14.4. The minimum Gasteiger partial charge on any atom is -0.348 e. The molecule has 0 spiro atoms. The van der Waals surface area contributed by atoms with Gasteiger partial charge in [0.25, 0.3) is 0 Å². The molecule has 0 fully saturated rings. The van der Waals surface area contributed by atoms with Crippen molar-refractivity contribution < 1.29 is 9.18 Å². The van der Waals surface area contributed by atoms with Gasteiger partial charge in [-0.05, 0) is 43.7 Å². The molecule has 2 aromatic rings. The molecule has 2 amide bonds. The van der Waals surface area contributed by atoms with Gasteiger partial charge in [-0.2, -0.15) is 0 Å². The summed E-state index contributed by atoms with van der Waals surface area (Å²) in [6.07, 6.45) is 2.01. The first kappa shape index (κ1) is 17.1. The van der Waals surface area contributed by atoms with E-state index < -0.39 is 11.9 Å². The first-order valence-corrected chi connectivity index (χ1v) is 8.50. The maximum Gasteiger partial charge on any atom is 0.318 e. The van der Waals surface area contributed by atoms with E-state index in [-0.39, 0.29) is 17.1 Å². The molecule has 1 aliphatic rings. The standard InChI is InChI=1S/C17H18Cl2FN3O/c1-10(12-8-15(20)14(19)9-13(12)18)21-17(24)23-7-6-22-5-3-4-16(22)11(23)2/h3-5,8-11H,6-7H2,1-2H3,(H,21,24). The fraction of sp³-hybridized carbons (Fsp3) is 0.353. The normalized spacial score (nSPS) is 18.2. The predicted octanol–water partition coefficient (Wildman–Crippen LogP) is 4.78. The molecule has 0 radical (unpaired) electrons. The lowest BCUT2D eigenvalue weighted by atomic mass is 10.1. The third-order valence-corrected chi connectivity index (χ3v) is 5.07. The van der Waals surface area contributed by atoms with E-state index in [1.165, 1.54) is 12.1 Å². The number of hydrogen-bond acceptors (Lipinski definition) is 1. The number of rotatable bonds is 2. The van der Waals surface area contributed by atoms with E-state index in [1.54, 1.807) is 11.8 Å². The van der Waals surface area contributed by atoms with Gasteiger partial charge in [0.2, 0.25) is 0 Å². The van der Waals surface area contributed by atoms with Gasteiger partial charge in [0.1, 0.15) is 5.82 Å². The molecule has 1 aromatic heterocycles. The van der Waals surface area contributed by atoms with Gasteiger partial charge in [-0.25, -0.2) is 9.18 Å². The smallest absolute Gasteiger partial charge is 0.318 e. The minimum absolute atomic E-state index is 0.0293. The van der Waals surface area contributed by atoms with Crippen LogP contribution in [0.3, 0.4) is 0 Å². The lowest BCUT2D eigenvalue weighted by molar-refractivity contribution is 0.159. The zero-order valence-electron chi connectivity index (χ0n) is 13.4. The third-order valence-electron chi connectivity index (χ3n) is 4.45. The second-order valence-corrected chi connectivity index (χ2v) is 6.77. The van der Waals surface area contributed by atoms with Crippen LogP contribution in [0.4, 0.5) is 9.18 Å². The van der Waals surface area contributed by atoms with Crippen molar-refractivity contribution in [1.82, 2.24) is 14.8 Å². The second kappa shape index (κ2) is 6.65. The Balaban J connectivity index is 1.74. The molecule has 0 aliphatic carbocycles. The first-order valence-electron chi connectivity index (χ1n) is 7.75. The molecular weight excluding hydrogens is 352 g/mol. The molecule has 7 heteroatoms. The molecule has 24 heavy (non-hydrogen) atoms. The van der Waals surface area contributed by atoms with Gasteiger partial charge in [-0.15, -0.1) is 0 Å². The summed E-state index contributed by atoms with van der Waals surface area (Å²) >= 11 is 11.8. The van der Waals surface area contributed by atoms with Crippen molar-refractivity contribution in [2.45, 2.75) is 32.5 Å². The molecule has 0 saturated heterocycles. The molecule has 0 bridgehead atoms. The second-order valence-electron chi connectivity index (χ2n) is 5.95. The van der Waals surface area contributed by atoms with Gasteiger partial charge >= 0.3 is 6.03 Å². The molecule has 2 heterocycles. The van der Waals surface area contributed by atoms with Crippen molar-refractivity contribution in [1.29, 1.82) is 0 Å². The maximum atomic E-state index is 13.7. The number of benzene rings is 1. The van der Waals surface area contributed by atoms with Crippen LogP contribution in [0.2, 0.25) is 10.0 Å². The van der Waals surface area contributed by atoms with Crippen LogP contribution >= 0.6 is 23.2 Å². The van der Waals surface area contributed by atoms with E-state index in [4.69, 9.17) is 23.2 Å². The van der Waals surface area contributed by atoms with Gasteiger partial charge in [0.05, 0.1) is 17.1 Å². The van der Waals surface area contributed by atoms with Crippen LogP contribution in [0, 0.1) is 5.82 Å². The van der Waals surface area contributed by atoms with Gasteiger partial charge in [-0.3, -0.25) is 0 Å². The van der Waals surface area contributed by atoms with E-state index in [2.05, 4.69) is 9.88 Å². The molecule has 1 N–H and O–H groups in total. The van der Waals surface area contributed by atoms with Crippen LogP contribution in [-0.2, 0) is 6.54 Å². The molecule has 2 unspecified atom stereocenters. The topological polar surface area (TPSA) is 37.3 Å². The van der Waals surface area contributed by atoms with Crippen LogP contribution < -0.4 is 5.32 Å². The number of aromatic nitrogens is 1. The molecule has 1 aliphatic heterocycles. The van der Waals surface area contributed by atoms with E-state index in [0.29, 0.717) is 17.1 Å². The number of halogens is 3. The minimum atomic E-state index is -0.554. The summed E-state index contributed by atoms with van der Waals surface area (Å²) < 4.78 is 15.8. The van der Waals surface area contributed by atoms with Crippen molar-refractivity contribution in [3.05, 3.63) is 57.6 Å². The van der Waals surface area contributed by atoms with Crippen LogP contribution in [0.15, 0.2) is 30.5 Å². The molecule has 2 atom stereocenters. The average molecular weight is 370 g/mol. The monoisotopic (exact) mass is 369 g/mol. The average Bonchev–Trinajstić information content (AvgIpc) is 3.00. The highest BCUT2D eigenvalue weighted by atomic mass is 35.5. The number of amides is 2. The number of carbonyl (C=O) groups is 1. The Kier molecular flexibility index (Phi) is 4.74. The van der Waals surface area contributed by atoms with E-state index in [9.17, 15) is 9.18 Å². The van der Waals surface area contributed by atoms with Gasteiger partial charge in [0, 0.05) is 30.0 Å². The number of hydrogen-bond donors (Lipinski definition) is 1. The van der Waals surface area contributed by atoms with Crippen molar-refractivity contribution in [3.8, 4) is 0 Å². The number of nitrogens with one attached hydrogen (secondary N) is 1. The number of urea groups is 1. The maximum absolute atomic E-state index is 13.7. The summed E-state index contributed by atoms with van der Waals surface area (Å²) in [5.74, 6) is -0.554. The Morgan fingerprint density at radius 1 is 1.33 bits per heavy atom. The van der Waals surface area contributed by atoms with Crippen LogP contribution in [0.5, 0.6) is 0 Å². The van der Waals surface area contributed by atoms with Crippen molar-refractivity contribution in [3.63, 3.8) is 0 Å². The zero-order valence-corrected chi connectivity index (χ0v) is 14.9. The SMILES string of the molecule is CC(NC(=O)N1CCn2cccc2C1C)c1cc(F)c(Cl)cc1Cl. The van der Waals surface area contributed by atoms with Crippen molar-refractivity contribution in [2.75, 3.05) is 6.54 Å². The van der Waals surface area contributed by atoms with Crippen molar-refractivity contribution >= 4 is 29.2 Å². The van der Waals surface area contributed by atoms with Gasteiger partial charge in [0.15, 0.2) is 0 Å². The highest BCUT2D eigenvalue weighted by Gasteiger charge is 2.28. The molecule has 4 nitrogen and oxygen atoms in total. The van der Waals surface area contributed by atoms with Gasteiger partial charge in [-0.1, -0.05) is 23.2 Å². The summed E-state index contributed by atoms with van der Waals surface area (Å²) in [5.41, 5.74) is 1.60. The fourth-order valence-corrected chi connectivity index (χ4v) is 3.62. The van der Waals surface area contributed by atoms with Crippen molar-refractivity contribution in [2.24, 2.45) is 0 Å². The summed E-state index contributed by atoms with van der Waals surface area (Å²) in [6.45, 7) is 5.13. The summed E-state index contributed by atoms with van der Waals surface area (Å²) in [5, 5.41) is 3.18. The lowest BCUT2D eigenvalue weighted by Gasteiger charge is -2.35. The molecule has 3 rings (SSSR count). The van der Waals surface area contributed by atoms with E-state index in [1.807, 2.05) is 25.3 Å². The largest absolute Gasteiger partial charge is 0.348 e. The summed E-state index contributed by atoms with van der Waals surface area (Å²) in [6, 6.07) is 5.95. The first-order chi connectivity index (χ1) is 11.4. The Morgan fingerprint density at radius 3 is 2.83 bits per heavy atom. The van der Waals surface area contributed by atoms with E-state index >= 15 is 0 Å². The highest BCUT2D eigenvalue weighted by molar-refractivity contribution is 6.35. The van der Waals surface area contributed by atoms with Crippen LogP contribution in [0.1, 0.15) is 37.2 Å². The van der Waals surface area contributed by atoms with Gasteiger partial charge < -0.3 is 14.8 Å². The molecule has 128 valence electrons. The Bertz CT molecular complexity index is 777. The van der Waals surface area contributed by atoms with Crippen LogP contribution in [0.25, 0.3) is 0 Å². The van der Waals surface area contributed by atoms with E-state index in [0.717, 1.165) is 12.2 Å². The fourth-order valence-electron chi connectivity index (χ4n) is 3.07. The number of fused-ring (bicyclic) bond motifs is 1. The summed E-state index contributed by atoms with van der Waals surface area (Å²) in [7, 11) is 0. The molecule has 0 saturated carbocycles. The quantitative estimate of drug-likeness (QED) is 0.759. The molecular formula is C17H18Cl2FN3O. The number of nitrogens with zero attached hydrogens (tertiary/aromatic N) is 2. The zero-order chi connectivity index (χ0) is 17.4. The Labute approximate surface area is 150 Å². The predicted molar refractivity (Wildman–Crippen MR) is 92.9 cm³/mol. The third kappa shape index (κ3) is 3.10. The highest BCUT2D eigenvalue weighted by Crippen LogP contribution is 2.30. The Hall–Kier alpha value is -1.72. The Morgan fingerprint density at radius 2 is 2.08 bits per heavy atom. The lowest BCUT2D eigenvalue weighted by Crippen LogP contribution is -2.46. The van der Waals surface area contributed by atoms with Crippen LogP contribution in [-0.4, -0.2) is 22.0 Å². The molecule has 1 aromatic carbocycles.